The maximum absolute atomic E-state index is 13.0. The number of anilines is 1. The van der Waals surface area contributed by atoms with Crippen molar-refractivity contribution in [2.24, 2.45) is 0 Å². The molecule has 0 unspecified atom stereocenters. The molecule has 8 nitrogen and oxygen atoms in total. The van der Waals surface area contributed by atoms with E-state index in [2.05, 4.69) is 22.1 Å². The summed E-state index contributed by atoms with van der Waals surface area (Å²) in [6, 6.07) is 25.0. The molecule has 1 amide bonds. The highest BCUT2D eigenvalue weighted by Gasteiger charge is 2.18. The van der Waals surface area contributed by atoms with Gasteiger partial charge in [-0.2, -0.15) is 5.10 Å². The zero-order chi connectivity index (χ0) is 24.0. The zero-order valence-corrected chi connectivity index (χ0v) is 19.6. The van der Waals surface area contributed by atoms with Crippen molar-refractivity contribution >= 4 is 23.5 Å². The fourth-order valence-corrected chi connectivity index (χ4v) is 4.32. The number of nitrogens with zero attached hydrogens (tertiary/aromatic N) is 5. The van der Waals surface area contributed by atoms with E-state index in [1.165, 1.54) is 11.8 Å². The number of nitrogens with one attached hydrogen (secondary N) is 1. The van der Waals surface area contributed by atoms with Crippen LogP contribution in [0.5, 0.6) is 0 Å². The number of furan rings is 1. The Balaban J connectivity index is 1.36. The second-order valence-corrected chi connectivity index (χ2v) is 8.49. The normalized spacial score (nSPS) is 10.9. The number of benzene rings is 2. The molecule has 5 rings (SSSR count). The number of allylic oxidation sites excluding steroid dienone is 1. The lowest BCUT2D eigenvalue weighted by Crippen LogP contribution is -2.17. The second kappa shape index (κ2) is 10.3. The molecule has 35 heavy (non-hydrogen) atoms. The molecule has 0 bridgehead atoms. The lowest BCUT2D eigenvalue weighted by atomic mass is 10.2. The molecule has 0 aliphatic rings. The number of carbonyl (C=O) groups excluding carboxylic acids is 1. The lowest BCUT2D eigenvalue weighted by Gasteiger charge is -2.09. The van der Waals surface area contributed by atoms with Crippen molar-refractivity contribution in [3.63, 3.8) is 0 Å². The molecule has 0 atom stereocenters. The van der Waals surface area contributed by atoms with Crippen LogP contribution in [0.2, 0.25) is 0 Å². The van der Waals surface area contributed by atoms with Crippen LogP contribution in [-0.4, -0.2) is 36.2 Å². The number of carbonyl (C=O) groups is 1. The van der Waals surface area contributed by atoms with E-state index in [1.807, 2.05) is 77.4 Å². The van der Waals surface area contributed by atoms with E-state index < -0.39 is 0 Å². The van der Waals surface area contributed by atoms with Crippen LogP contribution in [-0.2, 0) is 11.3 Å². The van der Waals surface area contributed by atoms with E-state index in [0.717, 1.165) is 16.9 Å². The summed E-state index contributed by atoms with van der Waals surface area (Å²) in [5.41, 5.74) is 2.59. The van der Waals surface area contributed by atoms with Gasteiger partial charge in [0.1, 0.15) is 5.82 Å². The van der Waals surface area contributed by atoms with E-state index in [0.29, 0.717) is 29.1 Å². The third-order valence-electron chi connectivity index (χ3n) is 5.15. The summed E-state index contributed by atoms with van der Waals surface area (Å²) in [5, 5.41) is 16.8. The summed E-state index contributed by atoms with van der Waals surface area (Å²) in [5.74, 6) is 1.75. The van der Waals surface area contributed by atoms with Gasteiger partial charge in [-0.3, -0.25) is 9.36 Å². The van der Waals surface area contributed by atoms with Gasteiger partial charge >= 0.3 is 0 Å². The van der Waals surface area contributed by atoms with Gasteiger partial charge in [-0.1, -0.05) is 66.4 Å². The Kier molecular flexibility index (Phi) is 6.58. The number of hydrogen-bond acceptors (Lipinski definition) is 6. The Morgan fingerprint density at radius 1 is 1.03 bits per heavy atom. The van der Waals surface area contributed by atoms with Gasteiger partial charge in [-0.05, 0) is 24.3 Å². The number of para-hydroxylation sites is 1. The molecular formula is C26H22N6O2S. The van der Waals surface area contributed by atoms with Crippen molar-refractivity contribution in [2.75, 3.05) is 11.1 Å². The number of rotatable bonds is 9. The summed E-state index contributed by atoms with van der Waals surface area (Å²) < 4.78 is 9.07. The maximum atomic E-state index is 13.0. The van der Waals surface area contributed by atoms with E-state index >= 15 is 0 Å². The Morgan fingerprint density at radius 2 is 1.80 bits per heavy atom. The number of thioether (sulfide) groups is 1. The molecule has 3 heterocycles. The van der Waals surface area contributed by atoms with Gasteiger partial charge in [0.05, 0.1) is 23.4 Å². The van der Waals surface area contributed by atoms with E-state index in [-0.39, 0.29) is 11.7 Å². The predicted octanol–water partition coefficient (Wildman–Crippen LogP) is 5.31. The quantitative estimate of drug-likeness (QED) is 0.226. The Morgan fingerprint density at radius 3 is 2.51 bits per heavy atom. The minimum atomic E-state index is -0.181. The molecule has 2 aromatic carbocycles. The molecule has 0 saturated heterocycles. The first-order chi connectivity index (χ1) is 17.2. The van der Waals surface area contributed by atoms with Crippen molar-refractivity contribution in [3.8, 4) is 28.5 Å². The van der Waals surface area contributed by atoms with Gasteiger partial charge in [0.15, 0.2) is 10.9 Å². The molecule has 5 aromatic rings. The van der Waals surface area contributed by atoms with E-state index in [9.17, 15) is 4.79 Å². The predicted molar refractivity (Wildman–Crippen MR) is 136 cm³/mol. The van der Waals surface area contributed by atoms with Crippen molar-refractivity contribution in [1.29, 1.82) is 0 Å². The Hall–Kier alpha value is -4.37. The topological polar surface area (TPSA) is 90.8 Å². The SMILES string of the molecule is C=CCn1c(SCC(=O)Nc2cc(-c3ccccc3)nn2-c2ccccc2)nnc1-c1ccco1. The van der Waals surface area contributed by atoms with E-state index in [1.54, 1.807) is 23.1 Å². The van der Waals surface area contributed by atoms with E-state index in [4.69, 9.17) is 9.52 Å². The lowest BCUT2D eigenvalue weighted by molar-refractivity contribution is -0.113. The van der Waals surface area contributed by atoms with Crippen LogP contribution in [0.3, 0.4) is 0 Å². The highest BCUT2D eigenvalue weighted by molar-refractivity contribution is 7.99. The van der Waals surface area contributed by atoms with Crippen molar-refractivity contribution in [2.45, 2.75) is 11.7 Å². The highest BCUT2D eigenvalue weighted by Crippen LogP contribution is 2.27. The van der Waals surface area contributed by atoms with Crippen LogP contribution in [0, 0.1) is 0 Å². The molecular weight excluding hydrogens is 460 g/mol. The second-order valence-electron chi connectivity index (χ2n) is 7.55. The minimum Gasteiger partial charge on any atom is -0.461 e. The molecule has 3 aromatic heterocycles. The van der Waals surface area contributed by atoms with Crippen molar-refractivity contribution in [3.05, 3.63) is 97.8 Å². The first kappa shape index (κ1) is 22.4. The van der Waals surface area contributed by atoms with Gasteiger partial charge in [0, 0.05) is 18.2 Å². The fraction of sp³-hybridized carbons (Fsp3) is 0.0769. The molecule has 1 N–H and O–H groups in total. The molecule has 174 valence electrons. The third-order valence-corrected chi connectivity index (χ3v) is 6.12. The largest absolute Gasteiger partial charge is 0.461 e. The monoisotopic (exact) mass is 482 g/mol. The number of hydrogen-bond donors (Lipinski definition) is 1. The summed E-state index contributed by atoms with van der Waals surface area (Å²) >= 11 is 1.30. The van der Waals surface area contributed by atoms with Crippen molar-refractivity contribution < 1.29 is 9.21 Å². The summed E-state index contributed by atoms with van der Waals surface area (Å²) in [6.45, 7) is 4.30. The first-order valence-corrected chi connectivity index (χ1v) is 11.9. The van der Waals surface area contributed by atoms with Gasteiger partial charge in [0.25, 0.3) is 0 Å². The Labute approximate surface area is 206 Å². The molecule has 0 radical (unpaired) electrons. The van der Waals surface area contributed by atoms with Crippen LogP contribution in [0.4, 0.5) is 5.82 Å². The number of aromatic nitrogens is 5. The summed E-state index contributed by atoms with van der Waals surface area (Å²) in [4.78, 5) is 13.0. The highest BCUT2D eigenvalue weighted by atomic mass is 32.2. The summed E-state index contributed by atoms with van der Waals surface area (Å²) in [6.07, 6.45) is 3.34. The maximum Gasteiger partial charge on any atom is 0.236 e. The molecule has 0 spiro atoms. The molecule has 0 aliphatic carbocycles. The molecule has 0 saturated carbocycles. The zero-order valence-electron chi connectivity index (χ0n) is 18.7. The van der Waals surface area contributed by atoms with Gasteiger partial charge in [0.2, 0.25) is 11.7 Å². The molecule has 9 heteroatoms. The van der Waals surface area contributed by atoms with Gasteiger partial charge in [-0.15, -0.1) is 16.8 Å². The number of amides is 1. The average Bonchev–Trinajstić information content (AvgIpc) is 3.65. The van der Waals surface area contributed by atoms with Crippen LogP contribution in [0.25, 0.3) is 28.5 Å². The van der Waals surface area contributed by atoms with Crippen LogP contribution < -0.4 is 5.32 Å². The third kappa shape index (κ3) is 4.95. The minimum absolute atomic E-state index is 0.147. The fourth-order valence-electron chi connectivity index (χ4n) is 3.57. The first-order valence-electron chi connectivity index (χ1n) is 10.9. The molecule has 0 fully saturated rings. The van der Waals surface area contributed by atoms with Gasteiger partial charge < -0.3 is 9.73 Å². The Bertz CT molecular complexity index is 1430. The van der Waals surface area contributed by atoms with Crippen LogP contribution in [0.15, 0.2) is 107 Å². The summed E-state index contributed by atoms with van der Waals surface area (Å²) in [7, 11) is 0. The average molecular weight is 483 g/mol. The van der Waals surface area contributed by atoms with Crippen LogP contribution in [0.1, 0.15) is 0 Å². The molecule has 0 aliphatic heterocycles. The van der Waals surface area contributed by atoms with Crippen LogP contribution >= 0.6 is 11.8 Å². The van der Waals surface area contributed by atoms with Gasteiger partial charge in [-0.25, -0.2) is 4.68 Å². The smallest absolute Gasteiger partial charge is 0.236 e. The standard InChI is InChI=1S/C26H22N6O2S/c1-2-15-31-25(22-14-9-16-34-22)28-29-26(31)35-18-24(33)27-23-17-21(19-10-5-3-6-11-19)30-32(23)20-12-7-4-8-13-20/h2-14,16-17H,1,15,18H2,(H,27,33). The van der Waals surface area contributed by atoms with Crippen molar-refractivity contribution in [1.82, 2.24) is 24.5 Å².